The number of thiazole rings is 1. The number of furan rings is 1. The fourth-order valence-electron chi connectivity index (χ4n) is 3.51. The molecule has 2 aromatic heterocycles. The van der Waals surface area contributed by atoms with Gasteiger partial charge in [-0.25, -0.2) is 9.78 Å². The number of allylic oxidation sites excluding steroid dienone is 1. The second-order valence-electron chi connectivity index (χ2n) is 7.61. The van der Waals surface area contributed by atoms with Crippen LogP contribution in [0.2, 0.25) is 0 Å². The van der Waals surface area contributed by atoms with Crippen molar-refractivity contribution < 1.29 is 13.9 Å². The number of ether oxygens (including phenoxy) is 1. The van der Waals surface area contributed by atoms with Crippen molar-refractivity contribution in [2.45, 2.75) is 0 Å². The highest BCUT2D eigenvalue weighted by molar-refractivity contribution is 7.11. The summed E-state index contributed by atoms with van der Waals surface area (Å²) in [5.41, 5.74) is 3.11. The van der Waals surface area contributed by atoms with Crippen molar-refractivity contribution in [2.24, 2.45) is 0 Å². The lowest BCUT2D eigenvalue weighted by atomic mass is 10.1. The number of hydrogen-bond acceptors (Lipinski definition) is 6. The molecule has 0 aliphatic heterocycles. The van der Waals surface area contributed by atoms with Gasteiger partial charge in [-0.1, -0.05) is 48.5 Å². The number of nitrogens with zero attached hydrogens (tertiary/aromatic N) is 2. The molecule has 0 atom stereocenters. The van der Waals surface area contributed by atoms with Gasteiger partial charge in [-0.2, -0.15) is 5.26 Å². The molecule has 0 aliphatic rings. The molecule has 168 valence electrons. The summed E-state index contributed by atoms with van der Waals surface area (Å²) in [6.45, 7) is 0. The maximum absolute atomic E-state index is 12.0. The third-order valence-electron chi connectivity index (χ3n) is 5.24. The Morgan fingerprint density at radius 1 is 1.00 bits per heavy atom. The fraction of sp³-hybridized carbons (Fsp3) is 0. The predicted octanol–water partition coefficient (Wildman–Crippen LogP) is 7.24. The number of aromatic nitrogens is 1. The highest BCUT2D eigenvalue weighted by atomic mass is 32.1. The molecule has 0 amide bonds. The summed E-state index contributed by atoms with van der Waals surface area (Å²) < 4.78 is 10.4. The number of nitriles is 1. The van der Waals surface area contributed by atoms with E-state index in [1.165, 1.54) is 29.1 Å². The molecule has 5 rings (SSSR count). The van der Waals surface area contributed by atoms with Crippen molar-refractivity contribution in [3.63, 3.8) is 0 Å². The number of hydrogen-bond donors (Lipinski definition) is 0. The van der Waals surface area contributed by atoms with E-state index in [1.54, 1.807) is 48.6 Å². The van der Waals surface area contributed by atoms with E-state index < -0.39 is 5.97 Å². The van der Waals surface area contributed by atoms with Crippen LogP contribution in [0.15, 0.2) is 101 Å². The van der Waals surface area contributed by atoms with Crippen LogP contribution in [0.3, 0.4) is 0 Å². The monoisotopic (exact) mass is 474 g/mol. The summed E-state index contributed by atoms with van der Waals surface area (Å²) in [4.78, 5) is 16.7. The molecule has 0 spiro atoms. The minimum absolute atomic E-state index is 0.405. The number of esters is 1. The van der Waals surface area contributed by atoms with Crippen LogP contribution in [0.1, 0.15) is 16.3 Å². The second-order valence-corrected chi connectivity index (χ2v) is 8.47. The second kappa shape index (κ2) is 10.0. The highest BCUT2D eigenvalue weighted by Gasteiger charge is 2.10. The van der Waals surface area contributed by atoms with Gasteiger partial charge in [-0.05, 0) is 58.8 Å². The van der Waals surface area contributed by atoms with Crippen LogP contribution in [-0.2, 0) is 4.79 Å². The molecule has 0 fully saturated rings. The molecule has 0 radical (unpaired) electrons. The Hall–Kier alpha value is -4.73. The molecule has 0 saturated heterocycles. The molecule has 0 saturated carbocycles. The first-order valence-corrected chi connectivity index (χ1v) is 11.7. The first-order chi connectivity index (χ1) is 17.2. The number of fused-ring (bicyclic) bond motifs is 1. The highest BCUT2D eigenvalue weighted by Crippen LogP contribution is 2.29. The molecule has 5 nitrogen and oxygen atoms in total. The van der Waals surface area contributed by atoms with Crippen LogP contribution in [-0.4, -0.2) is 11.0 Å². The van der Waals surface area contributed by atoms with E-state index in [2.05, 4.69) is 30.3 Å². The molecule has 6 heteroatoms. The van der Waals surface area contributed by atoms with Crippen molar-refractivity contribution in [3.05, 3.63) is 113 Å². The van der Waals surface area contributed by atoms with Gasteiger partial charge >= 0.3 is 5.97 Å². The third kappa shape index (κ3) is 5.27. The fourth-order valence-corrected chi connectivity index (χ4v) is 4.30. The number of rotatable bonds is 6. The van der Waals surface area contributed by atoms with E-state index in [0.29, 0.717) is 22.1 Å². The Labute approximate surface area is 205 Å². The summed E-state index contributed by atoms with van der Waals surface area (Å²) >= 11 is 1.43. The lowest BCUT2D eigenvalue weighted by Gasteiger charge is -2.02. The van der Waals surface area contributed by atoms with Crippen molar-refractivity contribution in [2.75, 3.05) is 0 Å². The minimum Gasteiger partial charge on any atom is -0.465 e. The number of benzene rings is 3. The summed E-state index contributed by atoms with van der Waals surface area (Å²) in [6.07, 6.45) is 6.14. The van der Waals surface area contributed by atoms with Crippen molar-refractivity contribution in [3.8, 4) is 23.1 Å². The predicted molar refractivity (Wildman–Crippen MR) is 138 cm³/mol. The quantitative estimate of drug-likeness (QED) is 0.112. The first-order valence-electron chi connectivity index (χ1n) is 10.8. The molecule has 5 aromatic rings. The molecular weight excluding hydrogens is 456 g/mol. The lowest BCUT2D eigenvalue weighted by Crippen LogP contribution is -2.03. The first kappa shape index (κ1) is 22.1. The van der Waals surface area contributed by atoms with Crippen LogP contribution in [0.5, 0.6) is 5.75 Å². The van der Waals surface area contributed by atoms with E-state index in [9.17, 15) is 10.1 Å². The van der Waals surface area contributed by atoms with Crippen molar-refractivity contribution in [1.29, 1.82) is 5.26 Å². The van der Waals surface area contributed by atoms with E-state index in [-0.39, 0.29) is 0 Å². The van der Waals surface area contributed by atoms with Gasteiger partial charge in [-0.15, -0.1) is 11.3 Å². The Kier molecular flexibility index (Phi) is 6.33. The third-order valence-corrected chi connectivity index (χ3v) is 6.11. The molecule has 3 aromatic carbocycles. The molecule has 0 unspecified atom stereocenters. The Morgan fingerprint density at radius 2 is 1.83 bits per heavy atom. The zero-order valence-corrected chi connectivity index (χ0v) is 19.2. The molecule has 0 bridgehead atoms. The molecule has 0 aliphatic carbocycles. The van der Waals surface area contributed by atoms with Crippen LogP contribution < -0.4 is 4.74 Å². The Balaban J connectivity index is 1.30. The van der Waals surface area contributed by atoms with E-state index >= 15 is 0 Å². The van der Waals surface area contributed by atoms with Gasteiger partial charge in [0.2, 0.25) is 0 Å². The number of carbonyl (C=O) groups excluding carboxylic acids is 1. The Morgan fingerprint density at radius 3 is 2.60 bits per heavy atom. The average Bonchev–Trinajstić information content (AvgIpc) is 3.59. The van der Waals surface area contributed by atoms with Crippen LogP contribution in [0, 0.1) is 11.3 Å². The minimum atomic E-state index is -0.508. The average molecular weight is 475 g/mol. The van der Waals surface area contributed by atoms with Gasteiger partial charge in [0.1, 0.15) is 22.6 Å². The molecular formula is C29H18N2O3S. The zero-order valence-electron chi connectivity index (χ0n) is 18.4. The number of carbonyl (C=O) groups is 1. The maximum atomic E-state index is 12.0. The van der Waals surface area contributed by atoms with E-state index in [1.807, 2.05) is 23.6 Å². The van der Waals surface area contributed by atoms with Gasteiger partial charge in [0, 0.05) is 17.0 Å². The lowest BCUT2D eigenvalue weighted by molar-refractivity contribution is -0.128. The molecule has 0 N–H and O–H groups in total. The topological polar surface area (TPSA) is 76.1 Å². The van der Waals surface area contributed by atoms with Crippen LogP contribution >= 0.6 is 11.3 Å². The summed E-state index contributed by atoms with van der Waals surface area (Å²) in [6, 6.07) is 27.1. The van der Waals surface area contributed by atoms with Crippen LogP contribution in [0.25, 0.3) is 39.8 Å². The summed E-state index contributed by atoms with van der Waals surface area (Å²) in [7, 11) is 0. The van der Waals surface area contributed by atoms with Gasteiger partial charge in [0.25, 0.3) is 0 Å². The van der Waals surface area contributed by atoms with E-state index in [4.69, 9.17) is 14.1 Å². The van der Waals surface area contributed by atoms with Crippen molar-refractivity contribution in [1.82, 2.24) is 4.98 Å². The van der Waals surface area contributed by atoms with Gasteiger partial charge in [-0.3, -0.25) is 0 Å². The normalized spacial score (nSPS) is 11.6. The molecule has 2 heterocycles. The standard InChI is InChI=1S/C29H18N2O3S/c30-18-24(29-31-27(19-35-29)23-10-9-21-4-1-2-5-22(21)17-23)16-20-7-11-26(12-8-20)34-28(32)14-13-25-6-3-15-33-25/h1-17,19H/b14-13+,24-16+. The SMILES string of the molecule is N#C/C(=C\c1ccc(OC(=O)/C=C/c2ccco2)cc1)c1nc(-c2ccc3ccccc3c2)cs1. The largest absolute Gasteiger partial charge is 0.465 e. The van der Waals surface area contributed by atoms with Gasteiger partial charge in [0.15, 0.2) is 0 Å². The summed E-state index contributed by atoms with van der Waals surface area (Å²) in [5.74, 6) is 0.464. The van der Waals surface area contributed by atoms with Gasteiger partial charge in [0.05, 0.1) is 17.5 Å². The Bertz CT molecular complexity index is 1590. The summed E-state index contributed by atoms with van der Waals surface area (Å²) in [5, 5.41) is 14.7. The van der Waals surface area contributed by atoms with Crippen molar-refractivity contribution >= 4 is 45.8 Å². The smallest absolute Gasteiger partial charge is 0.336 e. The zero-order chi connectivity index (χ0) is 24.0. The van der Waals surface area contributed by atoms with Gasteiger partial charge < -0.3 is 9.15 Å². The maximum Gasteiger partial charge on any atom is 0.336 e. The van der Waals surface area contributed by atoms with E-state index in [0.717, 1.165) is 22.2 Å². The molecule has 35 heavy (non-hydrogen) atoms. The van der Waals surface area contributed by atoms with Crippen LogP contribution in [0.4, 0.5) is 0 Å².